The summed E-state index contributed by atoms with van der Waals surface area (Å²) in [4.78, 5) is 2.29. The van der Waals surface area contributed by atoms with Crippen molar-refractivity contribution in [1.82, 2.24) is 10.2 Å². The number of hydrogen-bond donors (Lipinski definition) is 2. The van der Waals surface area contributed by atoms with Crippen LogP contribution < -0.4 is 5.32 Å². The minimum absolute atomic E-state index is 0. The highest BCUT2D eigenvalue weighted by molar-refractivity contribution is 5.85. The van der Waals surface area contributed by atoms with Gasteiger partial charge in [0.15, 0.2) is 11.6 Å². The highest BCUT2D eigenvalue weighted by Crippen LogP contribution is 2.35. The van der Waals surface area contributed by atoms with Gasteiger partial charge in [-0.2, -0.15) is 0 Å². The molecule has 0 amide bonds. The van der Waals surface area contributed by atoms with Crippen molar-refractivity contribution in [3.8, 4) is 5.75 Å². The lowest BCUT2D eigenvalue weighted by Crippen LogP contribution is -2.45. The van der Waals surface area contributed by atoms with Gasteiger partial charge in [-0.25, -0.2) is 4.39 Å². The molecule has 0 saturated carbocycles. The summed E-state index contributed by atoms with van der Waals surface area (Å²) in [7, 11) is 0. The zero-order valence-corrected chi connectivity index (χ0v) is 14.7. The number of rotatable bonds is 4. The number of phenols is 1. The molecule has 1 aliphatic rings. The van der Waals surface area contributed by atoms with Gasteiger partial charge in [0.25, 0.3) is 0 Å². The Bertz CT molecular complexity index is 505. The van der Waals surface area contributed by atoms with Crippen molar-refractivity contribution in [2.24, 2.45) is 0 Å². The van der Waals surface area contributed by atoms with Gasteiger partial charge in [-0.05, 0) is 25.8 Å². The summed E-state index contributed by atoms with van der Waals surface area (Å²) in [5.74, 6) is -0.723. The van der Waals surface area contributed by atoms with Crippen LogP contribution in [0.4, 0.5) is 4.39 Å². The molecule has 22 heavy (non-hydrogen) atoms. The van der Waals surface area contributed by atoms with Crippen molar-refractivity contribution < 1.29 is 9.50 Å². The van der Waals surface area contributed by atoms with E-state index in [1.54, 1.807) is 13.0 Å². The number of aryl methyl sites for hydroxylation is 1. The Morgan fingerprint density at radius 3 is 2.50 bits per heavy atom. The largest absolute Gasteiger partial charge is 0.505 e. The molecule has 1 aromatic carbocycles. The zero-order chi connectivity index (χ0) is 14.7. The predicted molar refractivity (Wildman–Crippen MR) is 93.9 cm³/mol. The maximum absolute atomic E-state index is 14.0. The quantitative estimate of drug-likeness (QED) is 0.814. The van der Waals surface area contributed by atoms with Gasteiger partial charge in [0.1, 0.15) is 0 Å². The van der Waals surface area contributed by atoms with Crippen molar-refractivity contribution in [3.63, 3.8) is 0 Å². The molecule has 1 fully saturated rings. The number of nitrogens with one attached hydrogen (secondary N) is 1. The standard InChI is InChI=1S/C16H23FN2O.2ClH/c1-11(2)10-14(19-8-6-18-7-9-19)13-5-4-12(3)15(17)16(13)20;;/h4-5,14,18,20H,1,6-10H2,2-3H3;2*1H/t14-;;/m0../s1. The topological polar surface area (TPSA) is 35.5 Å². The summed E-state index contributed by atoms with van der Waals surface area (Å²) < 4.78 is 14.0. The van der Waals surface area contributed by atoms with E-state index >= 15 is 0 Å². The van der Waals surface area contributed by atoms with Gasteiger partial charge in [-0.1, -0.05) is 17.7 Å². The maximum atomic E-state index is 14.0. The minimum Gasteiger partial charge on any atom is -0.505 e. The fourth-order valence-corrected chi connectivity index (χ4v) is 2.71. The molecule has 1 atom stereocenters. The van der Waals surface area contributed by atoms with E-state index in [1.807, 2.05) is 13.0 Å². The molecule has 1 saturated heterocycles. The molecular formula is C16H25Cl2FN2O. The monoisotopic (exact) mass is 350 g/mol. The third kappa shape index (κ3) is 4.85. The van der Waals surface area contributed by atoms with Gasteiger partial charge < -0.3 is 10.4 Å². The van der Waals surface area contributed by atoms with Crippen molar-refractivity contribution in [1.29, 1.82) is 0 Å². The predicted octanol–water partition coefficient (Wildman–Crippen LogP) is 3.60. The van der Waals surface area contributed by atoms with E-state index < -0.39 is 5.82 Å². The lowest BCUT2D eigenvalue weighted by atomic mass is 9.96. The normalized spacial score (nSPS) is 16.3. The molecule has 2 rings (SSSR count). The first kappa shape index (κ1) is 21.2. The number of phenolic OH excluding ortho intramolecular Hbond substituents is 1. The van der Waals surface area contributed by atoms with E-state index in [2.05, 4.69) is 16.8 Å². The summed E-state index contributed by atoms with van der Waals surface area (Å²) >= 11 is 0. The SMILES string of the molecule is C=C(C)C[C@@H](c1ccc(C)c(F)c1O)N1CCNCC1.Cl.Cl. The van der Waals surface area contributed by atoms with Crippen LogP contribution in [0.5, 0.6) is 5.75 Å². The van der Waals surface area contributed by atoms with Gasteiger partial charge in [0.2, 0.25) is 0 Å². The summed E-state index contributed by atoms with van der Waals surface area (Å²) in [6.45, 7) is 11.2. The zero-order valence-electron chi connectivity index (χ0n) is 13.1. The van der Waals surface area contributed by atoms with Crippen LogP contribution in [0.2, 0.25) is 0 Å². The summed E-state index contributed by atoms with van der Waals surface area (Å²) in [5, 5.41) is 13.5. The molecule has 0 bridgehead atoms. The summed E-state index contributed by atoms with van der Waals surface area (Å²) in [6, 6.07) is 3.56. The van der Waals surface area contributed by atoms with Crippen molar-refractivity contribution >= 4 is 24.8 Å². The van der Waals surface area contributed by atoms with Gasteiger partial charge in [-0.15, -0.1) is 31.4 Å². The number of hydrogen-bond acceptors (Lipinski definition) is 3. The van der Waals surface area contributed by atoms with E-state index in [0.29, 0.717) is 11.1 Å². The van der Waals surface area contributed by atoms with Crippen molar-refractivity contribution in [3.05, 3.63) is 41.2 Å². The Balaban J connectivity index is 0.00000220. The molecule has 6 heteroatoms. The van der Waals surface area contributed by atoms with Crippen molar-refractivity contribution in [2.45, 2.75) is 26.3 Å². The van der Waals surface area contributed by atoms with Crippen LogP contribution in [0.15, 0.2) is 24.3 Å². The number of aromatic hydroxyl groups is 1. The molecule has 126 valence electrons. The number of benzene rings is 1. The van der Waals surface area contributed by atoms with Gasteiger partial charge in [-0.3, -0.25) is 4.90 Å². The fraction of sp³-hybridized carbons (Fsp3) is 0.500. The third-order valence-corrected chi connectivity index (χ3v) is 3.83. The minimum atomic E-state index is -0.510. The highest BCUT2D eigenvalue weighted by atomic mass is 35.5. The van der Waals surface area contributed by atoms with E-state index in [-0.39, 0.29) is 36.6 Å². The van der Waals surface area contributed by atoms with Crippen molar-refractivity contribution in [2.75, 3.05) is 26.2 Å². The van der Waals surface area contributed by atoms with Crippen LogP contribution in [-0.2, 0) is 0 Å². The Hall–Kier alpha value is -0.810. The summed E-state index contributed by atoms with van der Waals surface area (Å²) in [6.07, 6.45) is 0.732. The second kappa shape index (κ2) is 9.36. The van der Waals surface area contributed by atoms with Crippen LogP contribution >= 0.6 is 24.8 Å². The van der Waals surface area contributed by atoms with Gasteiger partial charge >= 0.3 is 0 Å². The van der Waals surface area contributed by atoms with E-state index in [0.717, 1.165) is 38.2 Å². The Morgan fingerprint density at radius 2 is 1.95 bits per heavy atom. The van der Waals surface area contributed by atoms with Crippen LogP contribution in [0, 0.1) is 12.7 Å². The van der Waals surface area contributed by atoms with Gasteiger partial charge in [0.05, 0.1) is 0 Å². The molecule has 3 nitrogen and oxygen atoms in total. The fourth-order valence-electron chi connectivity index (χ4n) is 2.71. The van der Waals surface area contributed by atoms with Crippen LogP contribution in [-0.4, -0.2) is 36.2 Å². The second-order valence-corrected chi connectivity index (χ2v) is 5.60. The Morgan fingerprint density at radius 1 is 1.36 bits per heavy atom. The van der Waals surface area contributed by atoms with Gasteiger partial charge in [0, 0.05) is 37.8 Å². The van der Waals surface area contributed by atoms with Crippen LogP contribution in [0.1, 0.15) is 30.5 Å². The molecular weight excluding hydrogens is 326 g/mol. The molecule has 0 radical (unpaired) electrons. The maximum Gasteiger partial charge on any atom is 0.168 e. The first-order chi connectivity index (χ1) is 9.50. The molecule has 2 N–H and O–H groups in total. The first-order valence-corrected chi connectivity index (χ1v) is 7.08. The molecule has 0 unspecified atom stereocenters. The molecule has 1 aromatic rings. The van der Waals surface area contributed by atoms with E-state index in [9.17, 15) is 9.50 Å². The number of halogens is 3. The third-order valence-electron chi connectivity index (χ3n) is 3.83. The number of piperazine rings is 1. The second-order valence-electron chi connectivity index (χ2n) is 5.60. The number of nitrogens with zero attached hydrogens (tertiary/aromatic N) is 1. The lowest BCUT2D eigenvalue weighted by Gasteiger charge is -2.35. The first-order valence-electron chi connectivity index (χ1n) is 7.08. The smallest absolute Gasteiger partial charge is 0.168 e. The molecule has 1 aliphatic heterocycles. The molecule has 0 aliphatic carbocycles. The lowest BCUT2D eigenvalue weighted by molar-refractivity contribution is 0.169. The molecule has 0 spiro atoms. The Labute approximate surface area is 144 Å². The average molecular weight is 351 g/mol. The van der Waals surface area contributed by atoms with E-state index in [4.69, 9.17) is 0 Å². The van der Waals surface area contributed by atoms with Crippen LogP contribution in [0.25, 0.3) is 0 Å². The van der Waals surface area contributed by atoms with Crippen LogP contribution in [0.3, 0.4) is 0 Å². The molecule has 1 heterocycles. The average Bonchev–Trinajstić information content (AvgIpc) is 2.44. The Kier molecular flexibility index (Phi) is 9.01. The van der Waals surface area contributed by atoms with E-state index in [1.165, 1.54) is 0 Å². The molecule has 0 aromatic heterocycles. The summed E-state index contributed by atoms with van der Waals surface area (Å²) in [5.41, 5.74) is 2.17. The highest BCUT2D eigenvalue weighted by Gasteiger charge is 2.26.